The highest BCUT2D eigenvalue weighted by Gasteiger charge is 2.15. The highest BCUT2D eigenvalue weighted by Crippen LogP contribution is 2.38. The number of rotatable bonds is 4. The lowest BCUT2D eigenvalue weighted by molar-refractivity contribution is -0.384. The fourth-order valence-electron chi connectivity index (χ4n) is 1.25. The third-order valence-corrected chi connectivity index (χ3v) is 2.46. The van der Waals surface area contributed by atoms with Crippen molar-refractivity contribution in [3.63, 3.8) is 0 Å². The van der Waals surface area contributed by atoms with Gasteiger partial charge in [-0.25, -0.2) is 0 Å². The molecule has 9 heteroatoms. The van der Waals surface area contributed by atoms with Crippen LogP contribution in [0.2, 0.25) is 5.02 Å². The number of carbonyl (C=O) groups excluding carboxylic acids is 1. The number of ketones is 1. The zero-order valence-corrected chi connectivity index (χ0v) is 11.2. The van der Waals surface area contributed by atoms with Gasteiger partial charge in [-0.15, -0.1) is 10.2 Å². The van der Waals surface area contributed by atoms with Crippen LogP contribution in [0, 0.1) is 10.1 Å². The summed E-state index contributed by atoms with van der Waals surface area (Å²) in [5, 5.41) is 36.2. The average molecular weight is 300 g/mol. The fraction of sp³-hybridized carbons (Fsp3) is 0.182. The minimum absolute atomic E-state index is 0.276. The third kappa shape index (κ3) is 3.51. The summed E-state index contributed by atoms with van der Waals surface area (Å²) in [6, 6.07) is 1.89. The molecule has 0 atom stereocenters. The number of nitrogens with zero attached hydrogens (tertiary/aromatic N) is 3. The van der Waals surface area contributed by atoms with Gasteiger partial charge in [0, 0.05) is 19.1 Å². The molecule has 0 unspecified atom stereocenters. The van der Waals surface area contributed by atoms with Crippen molar-refractivity contribution in [3.8, 4) is 5.75 Å². The van der Waals surface area contributed by atoms with Gasteiger partial charge in [0.2, 0.25) is 0 Å². The van der Waals surface area contributed by atoms with E-state index in [9.17, 15) is 25.1 Å². The van der Waals surface area contributed by atoms with E-state index in [1.807, 2.05) is 0 Å². The van der Waals surface area contributed by atoms with E-state index >= 15 is 0 Å². The number of nitro benzene ring substituents is 1. The summed E-state index contributed by atoms with van der Waals surface area (Å²) >= 11 is 5.62. The second-order valence-corrected chi connectivity index (χ2v) is 4.15. The van der Waals surface area contributed by atoms with Crippen LogP contribution in [0.5, 0.6) is 5.75 Å². The molecule has 1 aromatic carbocycles. The second-order valence-electron chi connectivity index (χ2n) is 3.74. The van der Waals surface area contributed by atoms with E-state index in [0.717, 1.165) is 19.1 Å². The first-order chi connectivity index (χ1) is 9.23. The van der Waals surface area contributed by atoms with Crippen LogP contribution < -0.4 is 0 Å². The highest BCUT2D eigenvalue weighted by molar-refractivity contribution is 6.32. The van der Waals surface area contributed by atoms with Crippen molar-refractivity contribution < 1.29 is 19.9 Å². The van der Waals surface area contributed by atoms with E-state index in [1.165, 1.54) is 6.92 Å². The largest absolute Gasteiger partial charge is 0.510 e. The highest BCUT2D eigenvalue weighted by atomic mass is 35.5. The smallest absolute Gasteiger partial charge is 0.273 e. The van der Waals surface area contributed by atoms with Gasteiger partial charge in [0.1, 0.15) is 11.4 Å². The number of azo groups is 1. The van der Waals surface area contributed by atoms with E-state index in [4.69, 9.17) is 11.6 Å². The van der Waals surface area contributed by atoms with Gasteiger partial charge in [-0.05, 0) is 6.92 Å². The minimum Gasteiger partial charge on any atom is -0.510 e. The number of nitro groups is 1. The number of hydrogen-bond donors (Lipinski definition) is 2. The Labute approximate surface area is 118 Å². The van der Waals surface area contributed by atoms with E-state index in [0.29, 0.717) is 0 Å². The summed E-state index contributed by atoms with van der Waals surface area (Å²) in [6.07, 6.45) is 0. The minimum atomic E-state index is -0.719. The normalized spacial score (nSPS) is 12.3. The molecule has 8 nitrogen and oxygen atoms in total. The Morgan fingerprint density at radius 1 is 1.40 bits per heavy atom. The van der Waals surface area contributed by atoms with Gasteiger partial charge in [-0.3, -0.25) is 14.9 Å². The molecule has 0 saturated carbocycles. The summed E-state index contributed by atoms with van der Waals surface area (Å²) in [4.78, 5) is 21.1. The average Bonchev–Trinajstić information content (AvgIpc) is 2.33. The molecule has 0 aliphatic carbocycles. The summed E-state index contributed by atoms with van der Waals surface area (Å²) < 4.78 is 0. The van der Waals surface area contributed by atoms with Gasteiger partial charge in [0.05, 0.1) is 9.95 Å². The van der Waals surface area contributed by atoms with Crippen LogP contribution in [0.25, 0.3) is 0 Å². The molecule has 0 amide bonds. The van der Waals surface area contributed by atoms with Crippen LogP contribution in [0.3, 0.4) is 0 Å². The number of aliphatic hydroxyl groups excluding tert-OH is 1. The van der Waals surface area contributed by atoms with E-state index in [1.54, 1.807) is 0 Å². The molecule has 0 aliphatic heterocycles. The first-order valence-electron chi connectivity index (χ1n) is 5.23. The number of phenols is 1. The molecule has 0 aromatic heterocycles. The molecule has 20 heavy (non-hydrogen) atoms. The van der Waals surface area contributed by atoms with Crippen LogP contribution in [0.15, 0.2) is 33.8 Å². The third-order valence-electron chi connectivity index (χ3n) is 2.17. The number of allylic oxidation sites excluding steroid dienone is 2. The maximum Gasteiger partial charge on any atom is 0.273 e. The van der Waals surface area contributed by atoms with Crippen LogP contribution in [0.1, 0.15) is 13.8 Å². The molecule has 0 aliphatic rings. The van der Waals surface area contributed by atoms with Crippen molar-refractivity contribution in [2.75, 3.05) is 0 Å². The number of carbonyl (C=O) groups is 1. The maximum atomic E-state index is 11.2. The predicted molar refractivity (Wildman–Crippen MR) is 70.3 cm³/mol. The van der Waals surface area contributed by atoms with E-state index in [-0.39, 0.29) is 22.2 Å². The molecule has 0 saturated heterocycles. The van der Waals surface area contributed by atoms with Gasteiger partial charge in [0.15, 0.2) is 17.2 Å². The number of hydrogen-bond acceptors (Lipinski definition) is 7. The predicted octanol–water partition coefficient (Wildman–Crippen LogP) is 3.42. The molecule has 0 fully saturated rings. The SMILES string of the molecule is CC(=O)/C(N=Nc1cc([N+](=O)[O-])cc(Cl)c1O)=C(/C)O. The molecule has 1 aromatic rings. The molecular weight excluding hydrogens is 290 g/mol. The number of Topliss-reactive ketones (excluding diaryl/α,β-unsaturated/α-hetero) is 1. The van der Waals surface area contributed by atoms with Gasteiger partial charge < -0.3 is 10.2 Å². The lowest BCUT2D eigenvalue weighted by atomic mass is 10.2. The monoisotopic (exact) mass is 299 g/mol. The number of aliphatic hydroxyl groups is 1. The van der Waals surface area contributed by atoms with Gasteiger partial charge >= 0.3 is 0 Å². The number of non-ortho nitro benzene ring substituents is 1. The maximum absolute atomic E-state index is 11.2. The molecule has 106 valence electrons. The molecular formula is C11H10ClN3O5. The van der Waals surface area contributed by atoms with E-state index in [2.05, 4.69) is 10.2 Å². The summed E-state index contributed by atoms with van der Waals surface area (Å²) in [7, 11) is 0. The quantitative estimate of drug-likeness (QED) is 0.289. The van der Waals surface area contributed by atoms with Gasteiger partial charge in [0.25, 0.3) is 5.69 Å². The standard InChI is InChI=1S/C11H10ClN3O5/c1-5(16)10(6(2)17)14-13-9-4-7(15(19)20)3-8(12)11(9)18/h3-4,16,18H,1-2H3/b10-5+,14-13?. The topological polar surface area (TPSA) is 125 Å². The van der Waals surface area contributed by atoms with Crippen molar-refractivity contribution in [3.05, 3.63) is 38.7 Å². The molecule has 0 spiro atoms. The number of phenolic OH excluding ortho intramolecular Hbond substituents is 1. The first kappa shape index (κ1) is 15.6. The number of aromatic hydroxyl groups is 1. The van der Waals surface area contributed by atoms with Crippen molar-refractivity contribution in [1.29, 1.82) is 0 Å². The molecule has 0 bridgehead atoms. The zero-order chi connectivity index (χ0) is 15.4. The van der Waals surface area contributed by atoms with E-state index < -0.39 is 22.1 Å². The van der Waals surface area contributed by atoms with Crippen molar-refractivity contribution in [2.45, 2.75) is 13.8 Å². The van der Waals surface area contributed by atoms with Crippen LogP contribution in [-0.2, 0) is 4.79 Å². The molecule has 0 heterocycles. The fourth-order valence-corrected chi connectivity index (χ4v) is 1.46. The zero-order valence-electron chi connectivity index (χ0n) is 10.5. The second kappa shape index (κ2) is 6.11. The Kier molecular flexibility index (Phi) is 4.76. The summed E-state index contributed by atoms with van der Waals surface area (Å²) in [6.45, 7) is 2.39. The van der Waals surface area contributed by atoms with Crippen molar-refractivity contribution in [2.24, 2.45) is 10.2 Å². The Morgan fingerprint density at radius 2 is 2.00 bits per heavy atom. The Balaban J connectivity index is 3.31. The van der Waals surface area contributed by atoms with Gasteiger partial charge in [-0.1, -0.05) is 11.6 Å². The summed E-state index contributed by atoms with van der Waals surface area (Å²) in [5.74, 6) is -1.43. The van der Waals surface area contributed by atoms with Crippen molar-refractivity contribution >= 4 is 28.8 Å². The Bertz CT molecular complexity index is 635. The van der Waals surface area contributed by atoms with Gasteiger partial charge in [-0.2, -0.15) is 0 Å². The molecule has 2 N–H and O–H groups in total. The van der Waals surface area contributed by atoms with Crippen LogP contribution >= 0.6 is 11.6 Å². The molecule has 1 rings (SSSR count). The Morgan fingerprint density at radius 3 is 2.45 bits per heavy atom. The lowest BCUT2D eigenvalue weighted by Gasteiger charge is -2.01. The first-order valence-corrected chi connectivity index (χ1v) is 5.61. The Hall–Kier alpha value is -2.48. The van der Waals surface area contributed by atoms with Crippen molar-refractivity contribution in [1.82, 2.24) is 0 Å². The van der Waals surface area contributed by atoms with Crippen LogP contribution in [0.4, 0.5) is 11.4 Å². The number of benzene rings is 1. The summed E-state index contributed by atoms with van der Waals surface area (Å²) in [5.41, 5.74) is -1.01. The molecule has 0 radical (unpaired) electrons. The number of halogens is 1. The lowest BCUT2D eigenvalue weighted by Crippen LogP contribution is -1.96. The van der Waals surface area contributed by atoms with Crippen LogP contribution in [-0.4, -0.2) is 20.9 Å².